The summed E-state index contributed by atoms with van der Waals surface area (Å²) in [5, 5.41) is 0. The Bertz CT molecular complexity index is 354. The third-order valence-corrected chi connectivity index (χ3v) is 2.02. The summed E-state index contributed by atoms with van der Waals surface area (Å²) in [7, 11) is 0. The van der Waals surface area contributed by atoms with Gasteiger partial charge in [0.15, 0.2) is 0 Å². The second-order valence-corrected chi connectivity index (χ2v) is 5.47. The summed E-state index contributed by atoms with van der Waals surface area (Å²) < 4.78 is 10.8. The van der Waals surface area contributed by atoms with Crippen LogP contribution in [0.3, 0.4) is 0 Å². The Labute approximate surface area is 97.1 Å². The lowest BCUT2D eigenvalue weighted by molar-refractivity contribution is -0.208. The van der Waals surface area contributed by atoms with Gasteiger partial charge in [0.1, 0.15) is 5.76 Å². The largest absolute Gasteiger partial charge is 0.452 e. The SMILES string of the molecule is C/C=C1\OC(C)(C)OC(=O)\C1=C/C(C)(C)C. The van der Waals surface area contributed by atoms with Gasteiger partial charge in [0.25, 0.3) is 0 Å². The Morgan fingerprint density at radius 2 is 1.75 bits per heavy atom. The number of hydrogen-bond acceptors (Lipinski definition) is 3. The molecule has 0 radical (unpaired) electrons. The molecular formula is C13H20O3. The van der Waals surface area contributed by atoms with Crippen LogP contribution in [0.5, 0.6) is 0 Å². The molecule has 0 bridgehead atoms. The lowest BCUT2D eigenvalue weighted by Gasteiger charge is -2.34. The molecule has 3 heteroatoms. The van der Waals surface area contributed by atoms with Crippen LogP contribution in [0.4, 0.5) is 0 Å². The van der Waals surface area contributed by atoms with Crippen molar-refractivity contribution in [1.82, 2.24) is 0 Å². The minimum absolute atomic E-state index is 0.0898. The minimum Gasteiger partial charge on any atom is -0.452 e. The number of carbonyl (C=O) groups is 1. The van der Waals surface area contributed by atoms with E-state index in [0.717, 1.165) is 0 Å². The molecule has 90 valence electrons. The normalized spacial score (nSPS) is 25.5. The standard InChI is InChI=1S/C13H20O3/c1-7-10-9(8-12(2,3)4)11(14)16-13(5,6)15-10/h7-8H,1-6H3/b9-8-,10-7-. The van der Waals surface area contributed by atoms with Gasteiger partial charge in [-0.05, 0) is 18.4 Å². The van der Waals surface area contributed by atoms with Gasteiger partial charge in [0, 0.05) is 13.8 Å². The van der Waals surface area contributed by atoms with Gasteiger partial charge in [0.2, 0.25) is 5.79 Å². The molecule has 0 N–H and O–H groups in total. The van der Waals surface area contributed by atoms with Crippen molar-refractivity contribution >= 4 is 5.97 Å². The minimum atomic E-state index is -0.881. The van der Waals surface area contributed by atoms with E-state index >= 15 is 0 Å². The van der Waals surface area contributed by atoms with Crippen LogP contribution in [0.1, 0.15) is 41.5 Å². The van der Waals surface area contributed by atoms with Crippen molar-refractivity contribution in [3.63, 3.8) is 0 Å². The van der Waals surface area contributed by atoms with Crippen molar-refractivity contribution in [2.75, 3.05) is 0 Å². The molecule has 1 aliphatic heterocycles. The monoisotopic (exact) mass is 224 g/mol. The second-order valence-electron chi connectivity index (χ2n) is 5.47. The zero-order valence-corrected chi connectivity index (χ0v) is 10.9. The molecule has 0 aliphatic carbocycles. The summed E-state index contributed by atoms with van der Waals surface area (Å²) >= 11 is 0. The molecule has 1 heterocycles. The van der Waals surface area contributed by atoms with E-state index in [1.807, 2.05) is 33.8 Å². The fourth-order valence-corrected chi connectivity index (χ4v) is 1.50. The van der Waals surface area contributed by atoms with Gasteiger partial charge >= 0.3 is 5.97 Å². The number of allylic oxidation sites excluding steroid dienone is 2. The van der Waals surface area contributed by atoms with E-state index in [1.165, 1.54) is 0 Å². The van der Waals surface area contributed by atoms with Crippen LogP contribution < -0.4 is 0 Å². The van der Waals surface area contributed by atoms with Crippen LogP contribution in [0, 0.1) is 5.41 Å². The summed E-state index contributed by atoms with van der Waals surface area (Å²) in [5.41, 5.74) is 0.419. The van der Waals surface area contributed by atoms with Crippen molar-refractivity contribution < 1.29 is 14.3 Å². The van der Waals surface area contributed by atoms with E-state index in [1.54, 1.807) is 19.9 Å². The maximum atomic E-state index is 11.8. The number of cyclic esters (lactones) is 1. The number of carbonyl (C=O) groups excluding carboxylic acids is 1. The van der Waals surface area contributed by atoms with Crippen molar-refractivity contribution in [1.29, 1.82) is 0 Å². The number of rotatable bonds is 0. The van der Waals surface area contributed by atoms with Gasteiger partial charge < -0.3 is 9.47 Å². The van der Waals surface area contributed by atoms with E-state index < -0.39 is 5.79 Å². The molecule has 0 saturated carbocycles. The van der Waals surface area contributed by atoms with E-state index in [0.29, 0.717) is 11.3 Å². The van der Waals surface area contributed by atoms with Crippen LogP contribution in [0.2, 0.25) is 0 Å². The fourth-order valence-electron chi connectivity index (χ4n) is 1.50. The quantitative estimate of drug-likeness (QED) is 0.468. The molecule has 1 rings (SSSR count). The highest BCUT2D eigenvalue weighted by Gasteiger charge is 2.36. The first-order valence-electron chi connectivity index (χ1n) is 5.46. The Morgan fingerprint density at radius 1 is 1.19 bits per heavy atom. The highest BCUT2D eigenvalue weighted by atomic mass is 16.7. The Balaban J connectivity index is 3.12. The average Bonchev–Trinajstić information content (AvgIpc) is 2.06. The van der Waals surface area contributed by atoms with Crippen LogP contribution in [-0.4, -0.2) is 11.8 Å². The first kappa shape index (κ1) is 12.8. The van der Waals surface area contributed by atoms with Crippen LogP contribution in [0.15, 0.2) is 23.5 Å². The van der Waals surface area contributed by atoms with Crippen molar-refractivity contribution in [2.45, 2.75) is 47.3 Å². The fraction of sp³-hybridized carbons (Fsp3) is 0.615. The molecule has 0 aromatic carbocycles. The zero-order chi connectivity index (χ0) is 12.6. The molecular weight excluding hydrogens is 204 g/mol. The van der Waals surface area contributed by atoms with E-state index in [9.17, 15) is 4.79 Å². The average molecular weight is 224 g/mol. The van der Waals surface area contributed by atoms with E-state index in [2.05, 4.69) is 0 Å². The third-order valence-electron chi connectivity index (χ3n) is 2.02. The lowest BCUT2D eigenvalue weighted by Crippen LogP contribution is -2.38. The van der Waals surface area contributed by atoms with Crippen molar-refractivity contribution in [2.24, 2.45) is 5.41 Å². The smallest absolute Gasteiger partial charge is 0.344 e. The van der Waals surface area contributed by atoms with Gasteiger partial charge in [0.05, 0.1) is 5.57 Å². The number of ether oxygens (including phenoxy) is 2. The Morgan fingerprint density at radius 3 is 2.19 bits per heavy atom. The topological polar surface area (TPSA) is 35.5 Å². The maximum absolute atomic E-state index is 11.8. The first-order valence-corrected chi connectivity index (χ1v) is 5.46. The first-order chi connectivity index (χ1) is 7.14. The Hall–Kier alpha value is -1.25. The van der Waals surface area contributed by atoms with E-state index in [-0.39, 0.29) is 11.4 Å². The predicted octanol–water partition coefficient (Wildman–Crippen LogP) is 3.17. The van der Waals surface area contributed by atoms with Crippen LogP contribution in [0.25, 0.3) is 0 Å². The van der Waals surface area contributed by atoms with Crippen LogP contribution >= 0.6 is 0 Å². The summed E-state index contributed by atoms with van der Waals surface area (Å²) in [5.74, 6) is -0.607. The van der Waals surface area contributed by atoms with E-state index in [4.69, 9.17) is 9.47 Å². The summed E-state index contributed by atoms with van der Waals surface area (Å²) in [4.78, 5) is 11.8. The van der Waals surface area contributed by atoms with Gasteiger partial charge in [-0.2, -0.15) is 0 Å². The second kappa shape index (κ2) is 3.96. The maximum Gasteiger partial charge on any atom is 0.344 e. The summed E-state index contributed by atoms with van der Waals surface area (Å²) in [6, 6.07) is 0. The molecule has 1 aliphatic rings. The highest BCUT2D eigenvalue weighted by Crippen LogP contribution is 2.32. The summed E-state index contributed by atoms with van der Waals surface area (Å²) in [6.07, 6.45) is 3.67. The van der Waals surface area contributed by atoms with Gasteiger partial charge in [-0.15, -0.1) is 0 Å². The molecule has 3 nitrogen and oxygen atoms in total. The number of hydrogen-bond donors (Lipinski definition) is 0. The molecule has 0 atom stereocenters. The molecule has 0 amide bonds. The van der Waals surface area contributed by atoms with Gasteiger partial charge in [-0.25, -0.2) is 4.79 Å². The zero-order valence-electron chi connectivity index (χ0n) is 10.9. The lowest BCUT2D eigenvalue weighted by atomic mass is 9.92. The van der Waals surface area contributed by atoms with Crippen molar-refractivity contribution in [3.05, 3.63) is 23.5 Å². The van der Waals surface area contributed by atoms with Gasteiger partial charge in [-0.1, -0.05) is 26.8 Å². The number of esters is 1. The molecule has 0 spiro atoms. The summed E-state index contributed by atoms with van der Waals surface area (Å²) in [6.45, 7) is 11.4. The molecule has 1 saturated heterocycles. The molecule has 16 heavy (non-hydrogen) atoms. The highest BCUT2D eigenvalue weighted by molar-refractivity contribution is 5.93. The van der Waals surface area contributed by atoms with Crippen molar-refractivity contribution in [3.8, 4) is 0 Å². The predicted molar refractivity (Wildman–Crippen MR) is 62.6 cm³/mol. The van der Waals surface area contributed by atoms with Gasteiger partial charge in [-0.3, -0.25) is 0 Å². The molecule has 0 aromatic heterocycles. The third kappa shape index (κ3) is 3.12. The Kier molecular flexibility index (Phi) is 3.17. The molecule has 0 aromatic rings. The molecule has 1 fully saturated rings. The molecule has 0 unspecified atom stereocenters. The van der Waals surface area contributed by atoms with Crippen LogP contribution in [-0.2, 0) is 14.3 Å².